The SMILES string of the molecule is O=C(CCC1CCNCC1)Cc1cccc(O)c1. The van der Waals surface area contributed by atoms with Crippen molar-refractivity contribution in [1.82, 2.24) is 5.32 Å². The highest BCUT2D eigenvalue weighted by Crippen LogP contribution is 2.19. The second-order valence-electron chi connectivity index (χ2n) is 5.12. The molecule has 1 aromatic rings. The maximum atomic E-state index is 11.9. The first kappa shape index (κ1) is 13.1. The first-order valence-electron chi connectivity index (χ1n) is 6.74. The number of carbonyl (C=O) groups is 1. The lowest BCUT2D eigenvalue weighted by molar-refractivity contribution is -0.118. The van der Waals surface area contributed by atoms with E-state index >= 15 is 0 Å². The van der Waals surface area contributed by atoms with Gasteiger partial charge in [-0.1, -0.05) is 12.1 Å². The van der Waals surface area contributed by atoms with Crippen molar-refractivity contribution in [3.8, 4) is 5.75 Å². The van der Waals surface area contributed by atoms with Gasteiger partial charge in [0.15, 0.2) is 0 Å². The van der Waals surface area contributed by atoms with E-state index in [1.54, 1.807) is 18.2 Å². The van der Waals surface area contributed by atoms with E-state index in [0.29, 0.717) is 18.8 Å². The summed E-state index contributed by atoms with van der Waals surface area (Å²) in [5, 5.41) is 12.7. The highest BCUT2D eigenvalue weighted by molar-refractivity contribution is 5.80. The highest BCUT2D eigenvalue weighted by atomic mass is 16.3. The van der Waals surface area contributed by atoms with Gasteiger partial charge >= 0.3 is 0 Å². The predicted molar refractivity (Wildman–Crippen MR) is 71.6 cm³/mol. The average Bonchev–Trinajstić information content (AvgIpc) is 2.38. The normalized spacial score (nSPS) is 16.7. The zero-order chi connectivity index (χ0) is 12.8. The number of nitrogens with one attached hydrogen (secondary N) is 1. The van der Waals surface area contributed by atoms with Crippen molar-refractivity contribution in [2.75, 3.05) is 13.1 Å². The Morgan fingerprint density at radius 3 is 2.83 bits per heavy atom. The second kappa shape index (κ2) is 6.55. The van der Waals surface area contributed by atoms with Crippen molar-refractivity contribution in [3.05, 3.63) is 29.8 Å². The van der Waals surface area contributed by atoms with E-state index in [2.05, 4.69) is 5.32 Å². The number of benzene rings is 1. The molecular formula is C15H21NO2. The molecule has 0 aliphatic carbocycles. The van der Waals surface area contributed by atoms with Crippen LogP contribution in [-0.4, -0.2) is 24.0 Å². The summed E-state index contributed by atoms with van der Waals surface area (Å²) in [5.74, 6) is 1.22. The van der Waals surface area contributed by atoms with Gasteiger partial charge in [-0.15, -0.1) is 0 Å². The topological polar surface area (TPSA) is 49.3 Å². The maximum absolute atomic E-state index is 11.9. The van der Waals surface area contributed by atoms with E-state index in [9.17, 15) is 9.90 Å². The van der Waals surface area contributed by atoms with E-state index in [1.807, 2.05) is 6.07 Å². The van der Waals surface area contributed by atoms with Gasteiger partial charge in [0.1, 0.15) is 11.5 Å². The monoisotopic (exact) mass is 247 g/mol. The van der Waals surface area contributed by atoms with Crippen LogP contribution in [0.3, 0.4) is 0 Å². The molecular weight excluding hydrogens is 226 g/mol. The third kappa shape index (κ3) is 4.15. The van der Waals surface area contributed by atoms with Crippen molar-refractivity contribution < 1.29 is 9.90 Å². The number of hydrogen-bond acceptors (Lipinski definition) is 3. The van der Waals surface area contributed by atoms with Crippen LogP contribution in [0.4, 0.5) is 0 Å². The van der Waals surface area contributed by atoms with Crippen LogP contribution in [0.25, 0.3) is 0 Å². The van der Waals surface area contributed by atoms with Crippen LogP contribution < -0.4 is 5.32 Å². The smallest absolute Gasteiger partial charge is 0.137 e. The van der Waals surface area contributed by atoms with E-state index in [1.165, 1.54) is 12.8 Å². The number of phenolic OH excluding ortho intramolecular Hbond substituents is 1. The van der Waals surface area contributed by atoms with Gasteiger partial charge in [-0.3, -0.25) is 4.79 Å². The molecule has 98 valence electrons. The molecule has 0 aromatic heterocycles. The van der Waals surface area contributed by atoms with Gasteiger partial charge in [0.05, 0.1) is 0 Å². The molecule has 3 heteroatoms. The summed E-state index contributed by atoms with van der Waals surface area (Å²) in [7, 11) is 0. The fourth-order valence-electron chi connectivity index (χ4n) is 2.52. The Labute approximate surface area is 108 Å². The number of phenols is 1. The second-order valence-corrected chi connectivity index (χ2v) is 5.12. The van der Waals surface area contributed by atoms with E-state index in [0.717, 1.165) is 25.1 Å². The fourth-order valence-corrected chi connectivity index (χ4v) is 2.52. The fraction of sp³-hybridized carbons (Fsp3) is 0.533. The van der Waals surface area contributed by atoms with Gasteiger partial charge in [-0.2, -0.15) is 0 Å². The lowest BCUT2D eigenvalue weighted by Gasteiger charge is -2.22. The summed E-state index contributed by atoms with van der Waals surface area (Å²) < 4.78 is 0. The summed E-state index contributed by atoms with van der Waals surface area (Å²) in [6.45, 7) is 2.18. The van der Waals surface area contributed by atoms with Gasteiger partial charge in [-0.05, 0) is 56.0 Å². The Hall–Kier alpha value is -1.35. The van der Waals surface area contributed by atoms with Crippen LogP contribution in [0.1, 0.15) is 31.2 Å². The number of carbonyl (C=O) groups excluding carboxylic acids is 1. The molecule has 0 amide bonds. The summed E-state index contributed by atoms with van der Waals surface area (Å²) in [5.41, 5.74) is 0.908. The van der Waals surface area contributed by atoms with Crippen LogP contribution >= 0.6 is 0 Å². The molecule has 1 aromatic carbocycles. The number of Topliss-reactive ketones (excluding diaryl/α,β-unsaturated/α-hetero) is 1. The third-order valence-corrected chi connectivity index (χ3v) is 3.60. The van der Waals surface area contributed by atoms with Gasteiger partial charge in [-0.25, -0.2) is 0 Å². The molecule has 0 radical (unpaired) electrons. The quantitative estimate of drug-likeness (QED) is 0.839. The number of piperidine rings is 1. The van der Waals surface area contributed by atoms with Crippen LogP contribution in [0.5, 0.6) is 5.75 Å². The van der Waals surface area contributed by atoms with Gasteiger partial charge < -0.3 is 10.4 Å². The molecule has 1 saturated heterocycles. The molecule has 3 nitrogen and oxygen atoms in total. The average molecular weight is 247 g/mol. The maximum Gasteiger partial charge on any atom is 0.137 e. The third-order valence-electron chi connectivity index (χ3n) is 3.60. The Morgan fingerprint density at radius 2 is 2.11 bits per heavy atom. The summed E-state index contributed by atoms with van der Waals surface area (Å²) >= 11 is 0. The molecule has 0 spiro atoms. The molecule has 1 aliphatic rings. The zero-order valence-corrected chi connectivity index (χ0v) is 10.7. The van der Waals surface area contributed by atoms with Crippen LogP contribution in [0.15, 0.2) is 24.3 Å². The summed E-state index contributed by atoms with van der Waals surface area (Å²) in [6, 6.07) is 6.97. The van der Waals surface area contributed by atoms with Gasteiger partial charge in [0.25, 0.3) is 0 Å². The Balaban J connectivity index is 1.74. The van der Waals surface area contributed by atoms with E-state index in [-0.39, 0.29) is 11.5 Å². The minimum Gasteiger partial charge on any atom is -0.508 e. The van der Waals surface area contributed by atoms with Crippen molar-refractivity contribution in [3.63, 3.8) is 0 Å². The number of ketones is 1. The highest BCUT2D eigenvalue weighted by Gasteiger charge is 2.14. The Morgan fingerprint density at radius 1 is 1.33 bits per heavy atom. The first-order chi connectivity index (χ1) is 8.74. The van der Waals surface area contributed by atoms with Crippen molar-refractivity contribution in [2.24, 2.45) is 5.92 Å². The molecule has 2 rings (SSSR count). The van der Waals surface area contributed by atoms with E-state index in [4.69, 9.17) is 0 Å². The van der Waals surface area contributed by atoms with Gasteiger partial charge in [0, 0.05) is 12.8 Å². The molecule has 1 aliphatic heterocycles. The number of hydrogen-bond donors (Lipinski definition) is 2. The molecule has 1 fully saturated rings. The predicted octanol–water partition coefficient (Wildman–Crippen LogP) is 2.28. The molecule has 18 heavy (non-hydrogen) atoms. The molecule has 0 atom stereocenters. The van der Waals surface area contributed by atoms with Crippen LogP contribution in [-0.2, 0) is 11.2 Å². The Kier molecular flexibility index (Phi) is 4.76. The zero-order valence-electron chi connectivity index (χ0n) is 10.7. The van der Waals surface area contributed by atoms with E-state index < -0.39 is 0 Å². The molecule has 1 heterocycles. The molecule has 0 bridgehead atoms. The minimum atomic E-state index is 0.235. The van der Waals surface area contributed by atoms with Crippen LogP contribution in [0, 0.1) is 5.92 Å². The number of aromatic hydroxyl groups is 1. The van der Waals surface area contributed by atoms with Crippen molar-refractivity contribution in [1.29, 1.82) is 0 Å². The lowest BCUT2D eigenvalue weighted by atomic mass is 9.91. The van der Waals surface area contributed by atoms with Crippen LogP contribution in [0.2, 0.25) is 0 Å². The lowest BCUT2D eigenvalue weighted by Crippen LogP contribution is -2.28. The Bertz CT molecular complexity index is 397. The largest absolute Gasteiger partial charge is 0.508 e. The molecule has 0 unspecified atom stereocenters. The number of rotatable bonds is 5. The van der Waals surface area contributed by atoms with Crippen molar-refractivity contribution >= 4 is 5.78 Å². The standard InChI is InChI=1S/C15H21NO2/c17-14-3-1-2-13(10-14)11-15(18)5-4-12-6-8-16-9-7-12/h1-3,10,12,16-17H,4-9,11H2. The first-order valence-corrected chi connectivity index (χ1v) is 6.74. The summed E-state index contributed by atoms with van der Waals surface area (Å²) in [4.78, 5) is 11.9. The molecule has 0 saturated carbocycles. The van der Waals surface area contributed by atoms with Gasteiger partial charge in [0.2, 0.25) is 0 Å². The minimum absolute atomic E-state index is 0.235. The van der Waals surface area contributed by atoms with Crippen molar-refractivity contribution in [2.45, 2.75) is 32.1 Å². The molecule has 2 N–H and O–H groups in total. The summed E-state index contributed by atoms with van der Waals surface area (Å²) in [6.07, 6.45) is 4.51.